The van der Waals surface area contributed by atoms with E-state index in [2.05, 4.69) is 51.3 Å². The Labute approximate surface area is 166 Å². The third-order valence-electron chi connectivity index (χ3n) is 4.57. The Hall–Kier alpha value is -0.230. The molecule has 126 valence electrons. The summed E-state index contributed by atoms with van der Waals surface area (Å²) >= 11 is 4.71. The van der Waals surface area contributed by atoms with Crippen molar-refractivity contribution in [1.29, 1.82) is 5.26 Å². The molecule has 0 amide bonds. The van der Waals surface area contributed by atoms with Gasteiger partial charge in [0.2, 0.25) is 0 Å². The fourth-order valence-corrected chi connectivity index (χ4v) is 5.01. The van der Waals surface area contributed by atoms with Crippen molar-refractivity contribution in [2.45, 2.75) is 50.0 Å². The summed E-state index contributed by atoms with van der Waals surface area (Å²) in [6.07, 6.45) is 6.70. The molecular formula is C18H23I2NO2. The summed E-state index contributed by atoms with van der Waals surface area (Å²) in [7, 11) is 1.67. The van der Waals surface area contributed by atoms with Gasteiger partial charge in [0.15, 0.2) is 11.5 Å². The molecule has 1 saturated carbocycles. The first-order valence-electron chi connectivity index (χ1n) is 8.07. The smallest absolute Gasteiger partial charge is 0.161 e. The van der Waals surface area contributed by atoms with Crippen LogP contribution in [0, 0.1) is 11.3 Å². The van der Waals surface area contributed by atoms with Crippen LogP contribution >= 0.6 is 45.2 Å². The molecule has 0 heterocycles. The maximum absolute atomic E-state index is 9.87. The van der Waals surface area contributed by atoms with E-state index >= 15 is 0 Å². The highest BCUT2D eigenvalue weighted by Crippen LogP contribution is 2.39. The van der Waals surface area contributed by atoms with Gasteiger partial charge in [-0.2, -0.15) is 5.26 Å². The maximum atomic E-state index is 9.87. The van der Waals surface area contributed by atoms with Crippen molar-refractivity contribution < 1.29 is 9.47 Å². The molecule has 0 radical (unpaired) electrons. The minimum Gasteiger partial charge on any atom is -0.493 e. The molecule has 2 rings (SSSR count). The minimum absolute atomic E-state index is 0.282. The number of alkyl halides is 2. The molecule has 0 aromatic heterocycles. The van der Waals surface area contributed by atoms with E-state index in [1.807, 2.05) is 18.2 Å². The number of benzene rings is 1. The van der Waals surface area contributed by atoms with Crippen LogP contribution in [0.5, 0.6) is 11.5 Å². The van der Waals surface area contributed by atoms with Crippen LogP contribution in [0.25, 0.3) is 0 Å². The van der Waals surface area contributed by atoms with Crippen molar-refractivity contribution in [2.24, 2.45) is 0 Å². The lowest BCUT2D eigenvalue weighted by atomic mass is 9.77. The summed E-state index contributed by atoms with van der Waals surface area (Å²) in [4.78, 5) is 0. The van der Waals surface area contributed by atoms with Gasteiger partial charge < -0.3 is 9.47 Å². The highest BCUT2D eigenvalue weighted by atomic mass is 127. The zero-order valence-electron chi connectivity index (χ0n) is 13.5. The summed E-state index contributed by atoms with van der Waals surface area (Å²) in [5.74, 6) is 1.55. The summed E-state index contributed by atoms with van der Waals surface area (Å²) < 4.78 is 13.6. The summed E-state index contributed by atoms with van der Waals surface area (Å²) in [6, 6.07) is 8.61. The minimum atomic E-state index is -0.428. The van der Waals surface area contributed by atoms with Gasteiger partial charge in [-0.15, -0.1) is 0 Å². The van der Waals surface area contributed by atoms with Crippen LogP contribution in [0.4, 0.5) is 0 Å². The first-order valence-corrected chi connectivity index (χ1v) is 11.1. The van der Waals surface area contributed by atoms with Crippen molar-refractivity contribution in [2.75, 3.05) is 16.0 Å². The molecule has 0 atom stereocenters. The number of rotatable bonds is 8. The van der Waals surface area contributed by atoms with Gasteiger partial charge in [-0.05, 0) is 56.2 Å². The number of methoxy groups -OCH3 is 1. The molecule has 23 heavy (non-hydrogen) atoms. The van der Waals surface area contributed by atoms with Gasteiger partial charge in [0.25, 0.3) is 0 Å². The predicted octanol–water partition coefficient (Wildman–Crippen LogP) is 5.43. The zero-order chi connectivity index (χ0) is 16.7. The van der Waals surface area contributed by atoms with Crippen LogP contribution in [0.2, 0.25) is 0 Å². The average molecular weight is 539 g/mol. The molecule has 0 saturated heterocycles. The van der Waals surface area contributed by atoms with Crippen LogP contribution in [-0.2, 0) is 5.41 Å². The van der Waals surface area contributed by atoms with Gasteiger partial charge in [-0.25, -0.2) is 0 Å². The molecule has 0 bridgehead atoms. The summed E-state index contributed by atoms with van der Waals surface area (Å²) in [6.45, 7) is 0. The van der Waals surface area contributed by atoms with Gasteiger partial charge in [0, 0.05) is 8.86 Å². The molecule has 1 fully saturated rings. The first kappa shape index (κ1) is 19.1. The Balaban J connectivity index is 2.35. The van der Waals surface area contributed by atoms with Gasteiger partial charge in [-0.1, -0.05) is 51.2 Å². The van der Waals surface area contributed by atoms with E-state index in [0.29, 0.717) is 0 Å². The molecule has 1 aromatic carbocycles. The molecule has 0 aliphatic heterocycles. The third kappa shape index (κ3) is 4.65. The van der Waals surface area contributed by atoms with Crippen LogP contribution in [0.15, 0.2) is 18.2 Å². The topological polar surface area (TPSA) is 42.2 Å². The Morgan fingerprint density at radius 1 is 1.17 bits per heavy atom. The Bertz CT molecular complexity index is 544. The fraction of sp³-hybridized carbons (Fsp3) is 0.611. The van der Waals surface area contributed by atoms with E-state index in [1.165, 1.54) is 12.8 Å². The second-order valence-electron chi connectivity index (χ2n) is 5.96. The summed E-state index contributed by atoms with van der Waals surface area (Å²) in [5.41, 5.74) is 0.629. The predicted molar refractivity (Wildman–Crippen MR) is 110 cm³/mol. The fourth-order valence-electron chi connectivity index (χ4n) is 3.16. The molecule has 0 N–H and O–H groups in total. The molecule has 5 heteroatoms. The number of hydrogen-bond donors (Lipinski definition) is 0. The van der Waals surface area contributed by atoms with Gasteiger partial charge in [0.1, 0.15) is 0 Å². The highest BCUT2D eigenvalue weighted by Gasteiger charge is 2.32. The van der Waals surface area contributed by atoms with E-state index in [-0.39, 0.29) is 6.10 Å². The van der Waals surface area contributed by atoms with Crippen LogP contribution in [-0.4, -0.2) is 22.1 Å². The van der Waals surface area contributed by atoms with E-state index < -0.39 is 5.41 Å². The van der Waals surface area contributed by atoms with Gasteiger partial charge in [0.05, 0.1) is 24.7 Å². The molecule has 0 spiro atoms. The van der Waals surface area contributed by atoms with E-state index in [9.17, 15) is 5.26 Å². The monoisotopic (exact) mass is 539 g/mol. The van der Waals surface area contributed by atoms with Crippen molar-refractivity contribution in [3.63, 3.8) is 0 Å². The van der Waals surface area contributed by atoms with Crippen LogP contribution in [0.1, 0.15) is 44.1 Å². The number of ether oxygens (including phenoxy) is 2. The number of nitrogens with zero attached hydrogens (tertiary/aromatic N) is 1. The quantitative estimate of drug-likeness (QED) is 0.327. The van der Waals surface area contributed by atoms with Crippen molar-refractivity contribution in [3.8, 4) is 17.6 Å². The van der Waals surface area contributed by atoms with E-state index in [0.717, 1.165) is 51.6 Å². The number of hydrogen-bond acceptors (Lipinski definition) is 3. The Kier molecular flexibility index (Phi) is 7.73. The molecular weight excluding hydrogens is 516 g/mol. The van der Waals surface area contributed by atoms with Crippen molar-refractivity contribution in [1.82, 2.24) is 0 Å². The second-order valence-corrected chi connectivity index (χ2v) is 8.12. The molecule has 0 unspecified atom stereocenters. The lowest BCUT2D eigenvalue weighted by Crippen LogP contribution is -2.25. The lowest BCUT2D eigenvalue weighted by molar-refractivity contribution is 0.200. The number of halogens is 2. The van der Waals surface area contributed by atoms with Crippen LogP contribution in [0.3, 0.4) is 0 Å². The lowest BCUT2D eigenvalue weighted by Gasteiger charge is -2.27. The first-order chi connectivity index (χ1) is 11.2. The van der Waals surface area contributed by atoms with Gasteiger partial charge >= 0.3 is 0 Å². The number of nitriles is 1. The van der Waals surface area contributed by atoms with E-state index in [1.54, 1.807) is 7.11 Å². The van der Waals surface area contributed by atoms with E-state index in [4.69, 9.17) is 9.47 Å². The largest absolute Gasteiger partial charge is 0.493 e. The van der Waals surface area contributed by atoms with Crippen LogP contribution < -0.4 is 9.47 Å². The van der Waals surface area contributed by atoms with Crippen molar-refractivity contribution in [3.05, 3.63) is 23.8 Å². The Morgan fingerprint density at radius 3 is 2.35 bits per heavy atom. The molecule has 1 aliphatic rings. The van der Waals surface area contributed by atoms with Gasteiger partial charge in [-0.3, -0.25) is 0 Å². The molecule has 1 aliphatic carbocycles. The Morgan fingerprint density at radius 2 is 1.83 bits per heavy atom. The second kappa shape index (κ2) is 9.30. The SMILES string of the molecule is COc1ccc(C(C#N)(CCI)CCI)cc1OC1CCCC1. The molecule has 1 aromatic rings. The van der Waals surface area contributed by atoms with Crippen molar-refractivity contribution >= 4 is 45.2 Å². The summed E-state index contributed by atoms with van der Waals surface area (Å²) in [5, 5.41) is 9.87. The standard InChI is InChI=1S/C18H23I2NO2/c1-22-16-7-6-14(18(13-21,8-10-19)9-11-20)12-17(16)23-15-4-2-3-5-15/h6-7,12,15H,2-5,8-11H2,1H3. The zero-order valence-corrected chi connectivity index (χ0v) is 17.8. The normalized spacial score (nSPS) is 15.4. The maximum Gasteiger partial charge on any atom is 0.161 e. The highest BCUT2D eigenvalue weighted by molar-refractivity contribution is 14.1. The average Bonchev–Trinajstić information content (AvgIpc) is 3.07. The third-order valence-corrected chi connectivity index (χ3v) is 5.65. The molecule has 3 nitrogen and oxygen atoms in total.